The fraction of sp³-hybridized carbons (Fsp3) is 0.385. The van der Waals surface area contributed by atoms with Gasteiger partial charge in [-0.15, -0.1) is 0 Å². The smallest absolute Gasteiger partial charge is 0.269 e. The van der Waals surface area contributed by atoms with Crippen molar-refractivity contribution in [2.45, 2.75) is 13.0 Å². The van der Waals surface area contributed by atoms with E-state index < -0.39 is 4.92 Å². The van der Waals surface area contributed by atoms with E-state index in [1.54, 1.807) is 11.8 Å². The van der Waals surface area contributed by atoms with E-state index in [4.69, 9.17) is 0 Å². The Labute approximate surface area is 115 Å². The number of ketones is 1. The van der Waals surface area contributed by atoms with Gasteiger partial charge in [0.05, 0.1) is 17.5 Å². The van der Waals surface area contributed by atoms with Crippen LogP contribution >= 0.6 is 0 Å². The van der Waals surface area contributed by atoms with E-state index in [9.17, 15) is 19.7 Å². The van der Waals surface area contributed by atoms with Gasteiger partial charge in [0.2, 0.25) is 5.91 Å². The highest BCUT2D eigenvalue weighted by Gasteiger charge is 2.27. The third kappa shape index (κ3) is 3.00. The minimum atomic E-state index is -0.509. The number of nitrogens with one attached hydrogen (secondary N) is 1. The number of carbonyl (C=O) groups excluding carboxylic acids is 2. The quantitative estimate of drug-likeness (QED) is 0.494. The molecule has 2 rings (SSSR count). The van der Waals surface area contributed by atoms with Gasteiger partial charge < -0.3 is 5.32 Å². The normalized spacial score (nSPS) is 19.4. The average Bonchev–Trinajstić information content (AvgIpc) is 2.44. The Kier molecular flexibility index (Phi) is 4.09. The van der Waals surface area contributed by atoms with E-state index in [2.05, 4.69) is 5.32 Å². The Morgan fingerprint density at radius 3 is 2.70 bits per heavy atom. The first-order valence-corrected chi connectivity index (χ1v) is 6.28. The van der Waals surface area contributed by atoms with E-state index >= 15 is 0 Å². The van der Waals surface area contributed by atoms with Gasteiger partial charge in [-0.25, -0.2) is 0 Å². The number of amides is 1. The van der Waals surface area contributed by atoms with Crippen LogP contribution in [0.5, 0.6) is 0 Å². The first-order chi connectivity index (χ1) is 9.49. The first-order valence-electron chi connectivity index (χ1n) is 6.28. The average molecular weight is 277 g/mol. The Balaban J connectivity index is 2.04. The van der Waals surface area contributed by atoms with Crippen molar-refractivity contribution in [2.75, 3.05) is 19.6 Å². The highest BCUT2D eigenvalue weighted by Crippen LogP contribution is 2.13. The minimum Gasteiger partial charge on any atom is -0.353 e. The maximum Gasteiger partial charge on any atom is 0.269 e. The summed E-state index contributed by atoms with van der Waals surface area (Å²) in [5.41, 5.74) is 0.362. The van der Waals surface area contributed by atoms with Crippen molar-refractivity contribution in [2.24, 2.45) is 0 Å². The van der Waals surface area contributed by atoms with Crippen LogP contribution < -0.4 is 5.32 Å². The van der Waals surface area contributed by atoms with Crippen molar-refractivity contribution in [3.8, 4) is 0 Å². The predicted octanol–water partition coefficient (Wildman–Crippen LogP) is 0.598. The number of carbonyl (C=O) groups is 2. The van der Waals surface area contributed by atoms with Crippen LogP contribution in [0.3, 0.4) is 0 Å². The minimum absolute atomic E-state index is 0.0488. The second kappa shape index (κ2) is 5.79. The van der Waals surface area contributed by atoms with E-state index in [0.29, 0.717) is 18.7 Å². The zero-order valence-electron chi connectivity index (χ0n) is 11.0. The molecule has 0 saturated carbocycles. The second-order valence-electron chi connectivity index (χ2n) is 4.66. The molecule has 0 spiro atoms. The fourth-order valence-electron chi connectivity index (χ4n) is 2.09. The molecule has 1 heterocycles. The van der Waals surface area contributed by atoms with E-state index in [1.807, 2.05) is 0 Å². The molecule has 106 valence electrons. The van der Waals surface area contributed by atoms with Gasteiger partial charge in [0.1, 0.15) is 0 Å². The van der Waals surface area contributed by atoms with Crippen LogP contribution in [0.1, 0.15) is 17.3 Å². The molecule has 20 heavy (non-hydrogen) atoms. The Hall–Kier alpha value is -2.28. The number of hydrogen-bond acceptors (Lipinski definition) is 5. The molecule has 0 aromatic heterocycles. The number of benzene rings is 1. The van der Waals surface area contributed by atoms with Gasteiger partial charge >= 0.3 is 0 Å². The molecule has 7 heteroatoms. The number of hydrogen-bond donors (Lipinski definition) is 1. The third-order valence-corrected chi connectivity index (χ3v) is 3.37. The maximum atomic E-state index is 12.1. The highest BCUT2D eigenvalue weighted by atomic mass is 16.6. The van der Waals surface area contributed by atoms with Crippen LogP contribution in [0, 0.1) is 10.1 Å². The lowest BCUT2D eigenvalue weighted by atomic mass is 10.1. The van der Waals surface area contributed by atoms with Crippen molar-refractivity contribution >= 4 is 17.4 Å². The number of nitrogens with zero attached hydrogens (tertiary/aromatic N) is 2. The summed E-state index contributed by atoms with van der Waals surface area (Å²) in [6, 6.07) is 5.15. The van der Waals surface area contributed by atoms with E-state index in [1.165, 1.54) is 24.3 Å². The number of rotatable bonds is 4. The summed E-state index contributed by atoms with van der Waals surface area (Å²) >= 11 is 0. The summed E-state index contributed by atoms with van der Waals surface area (Å²) in [4.78, 5) is 35.4. The van der Waals surface area contributed by atoms with Crippen molar-refractivity contribution in [3.05, 3.63) is 39.9 Å². The van der Waals surface area contributed by atoms with E-state index in [0.717, 1.165) is 0 Å². The maximum absolute atomic E-state index is 12.1. The van der Waals surface area contributed by atoms with Gasteiger partial charge in [-0.05, 0) is 19.1 Å². The van der Waals surface area contributed by atoms with Crippen molar-refractivity contribution in [1.82, 2.24) is 10.2 Å². The van der Waals surface area contributed by atoms with Crippen LogP contribution in [-0.2, 0) is 4.79 Å². The second-order valence-corrected chi connectivity index (χ2v) is 4.66. The topological polar surface area (TPSA) is 92.6 Å². The van der Waals surface area contributed by atoms with Crippen molar-refractivity contribution < 1.29 is 14.5 Å². The summed E-state index contributed by atoms with van der Waals surface area (Å²) in [7, 11) is 0. The molecule has 0 bridgehead atoms. The molecule has 1 aromatic carbocycles. The number of piperazine rings is 1. The number of Topliss-reactive ketones (excluding diaryl/α,β-unsaturated/α-hetero) is 1. The van der Waals surface area contributed by atoms with Crippen molar-refractivity contribution in [3.63, 3.8) is 0 Å². The van der Waals surface area contributed by atoms with Gasteiger partial charge in [0, 0.05) is 30.8 Å². The largest absolute Gasteiger partial charge is 0.353 e. The third-order valence-electron chi connectivity index (χ3n) is 3.37. The molecular formula is C13H15N3O4. The van der Waals surface area contributed by atoms with Crippen LogP contribution in [0.2, 0.25) is 0 Å². The molecule has 1 amide bonds. The lowest BCUT2D eigenvalue weighted by Gasteiger charge is -2.32. The molecule has 1 saturated heterocycles. The molecule has 1 N–H and O–H groups in total. The molecule has 0 aliphatic carbocycles. The molecule has 0 radical (unpaired) electrons. The molecular weight excluding hydrogens is 262 g/mol. The summed E-state index contributed by atoms with van der Waals surface area (Å²) in [5.74, 6) is -0.241. The van der Waals surface area contributed by atoms with Crippen LogP contribution in [-0.4, -0.2) is 47.2 Å². The summed E-state index contributed by atoms with van der Waals surface area (Å²) < 4.78 is 0. The zero-order valence-corrected chi connectivity index (χ0v) is 11.0. The van der Waals surface area contributed by atoms with Gasteiger partial charge in [0.25, 0.3) is 5.69 Å². The Morgan fingerprint density at radius 1 is 1.45 bits per heavy atom. The number of non-ortho nitro benzene ring substituents is 1. The van der Waals surface area contributed by atoms with E-state index in [-0.39, 0.29) is 30.0 Å². The first kappa shape index (κ1) is 14.1. The number of nitro groups is 1. The monoisotopic (exact) mass is 277 g/mol. The molecule has 1 aliphatic rings. The van der Waals surface area contributed by atoms with Crippen molar-refractivity contribution in [1.29, 1.82) is 0 Å². The van der Waals surface area contributed by atoms with Gasteiger partial charge in [-0.1, -0.05) is 0 Å². The number of nitro benzene ring substituents is 1. The zero-order chi connectivity index (χ0) is 14.7. The Morgan fingerprint density at radius 2 is 2.10 bits per heavy atom. The van der Waals surface area contributed by atoms with Crippen LogP contribution in [0.25, 0.3) is 0 Å². The molecule has 1 aliphatic heterocycles. The lowest BCUT2D eigenvalue weighted by Crippen LogP contribution is -2.55. The fourth-order valence-corrected chi connectivity index (χ4v) is 2.09. The molecule has 7 nitrogen and oxygen atoms in total. The lowest BCUT2D eigenvalue weighted by molar-refractivity contribution is -0.384. The van der Waals surface area contributed by atoms with Gasteiger partial charge in [-0.3, -0.25) is 24.6 Å². The Bertz CT molecular complexity index is 541. The van der Waals surface area contributed by atoms with Gasteiger partial charge in [-0.2, -0.15) is 0 Å². The van der Waals surface area contributed by atoms with Gasteiger partial charge in [0.15, 0.2) is 5.78 Å². The van der Waals surface area contributed by atoms with Crippen LogP contribution in [0.4, 0.5) is 5.69 Å². The predicted molar refractivity (Wildman–Crippen MR) is 71.5 cm³/mol. The SMILES string of the molecule is CC1C(=O)NCCN1CC(=O)c1ccc([N+](=O)[O-])cc1. The highest BCUT2D eigenvalue weighted by molar-refractivity contribution is 5.98. The molecule has 1 fully saturated rings. The van der Waals surface area contributed by atoms with Crippen LogP contribution in [0.15, 0.2) is 24.3 Å². The standard InChI is InChI=1S/C13H15N3O4/c1-9-13(18)14-6-7-15(9)8-12(17)10-2-4-11(5-3-10)16(19)20/h2-5,9H,6-8H2,1H3,(H,14,18). The molecule has 1 atom stereocenters. The summed E-state index contributed by atoms with van der Waals surface area (Å²) in [6.45, 7) is 3.02. The molecule has 1 aromatic rings. The summed E-state index contributed by atoms with van der Waals surface area (Å²) in [5, 5.41) is 13.3. The summed E-state index contributed by atoms with van der Waals surface area (Å²) in [6.07, 6.45) is 0. The molecule has 1 unspecified atom stereocenters.